The highest BCUT2D eigenvalue weighted by atomic mass is 32.2. The van der Waals surface area contributed by atoms with Gasteiger partial charge in [-0.25, -0.2) is 8.42 Å². The Morgan fingerprint density at radius 3 is 2.13 bits per heavy atom. The molecule has 0 unspecified atom stereocenters. The first kappa shape index (κ1) is 23.7. The number of amides is 1. The van der Waals surface area contributed by atoms with Crippen molar-refractivity contribution >= 4 is 21.6 Å². The standard InChI is InChI=1S/C21H25F3N2O3S/c1-5-19(16-7-6-14(2)15(3)12-16)25-20(27)13-26(30(4,28)29)18-10-8-17(9-11-18)21(22,23)24/h6-12,19H,5,13H2,1-4H3,(H,25,27)/t19-/m1/s1. The summed E-state index contributed by atoms with van der Waals surface area (Å²) in [6.07, 6.45) is -3.04. The number of anilines is 1. The van der Waals surface area contributed by atoms with Gasteiger partial charge in [0.1, 0.15) is 6.54 Å². The van der Waals surface area contributed by atoms with Gasteiger partial charge in [-0.1, -0.05) is 25.1 Å². The van der Waals surface area contributed by atoms with Crippen LogP contribution in [0.15, 0.2) is 42.5 Å². The maximum absolute atomic E-state index is 12.8. The maximum Gasteiger partial charge on any atom is 0.416 e. The minimum Gasteiger partial charge on any atom is -0.348 e. The fourth-order valence-corrected chi connectivity index (χ4v) is 3.85. The summed E-state index contributed by atoms with van der Waals surface area (Å²) in [5.74, 6) is -0.551. The van der Waals surface area contributed by atoms with Gasteiger partial charge in [-0.15, -0.1) is 0 Å². The number of hydrogen-bond acceptors (Lipinski definition) is 3. The highest BCUT2D eigenvalue weighted by Gasteiger charge is 2.31. The van der Waals surface area contributed by atoms with Crippen LogP contribution >= 0.6 is 0 Å². The minimum absolute atomic E-state index is 0.0140. The Kier molecular flexibility index (Phi) is 7.18. The number of sulfonamides is 1. The van der Waals surface area contributed by atoms with Crippen molar-refractivity contribution in [2.24, 2.45) is 0 Å². The highest BCUT2D eigenvalue weighted by Crippen LogP contribution is 2.31. The van der Waals surface area contributed by atoms with Gasteiger partial charge in [-0.2, -0.15) is 13.2 Å². The molecule has 1 atom stereocenters. The molecule has 0 aliphatic heterocycles. The van der Waals surface area contributed by atoms with Crippen LogP contribution < -0.4 is 9.62 Å². The summed E-state index contributed by atoms with van der Waals surface area (Å²) >= 11 is 0. The molecule has 1 N–H and O–H groups in total. The van der Waals surface area contributed by atoms with Crippen LogP contribution in [0, 0.1) is 13.8 Å². The number of nitrogens with one attached hydrogen (secondary N) is 1. The molecule has 0 fully saturated rings. The molecular weight excluding hydrogens is 417 g/mol. The number of rotatable bonds is 7. The van der Waals surface area contributed by atoms with Crippen LogP contribution in [0.1, 0.15) is 41.6 Å². The van der Waals surface area contributed by atoms with Crippen molar-refractivity contribution in [2.75, 3.05) is 17.1 Å². The van der Waals surface area contributed by atoms with Crippen LogP contribution in [0.25, 0.3) is 0 Å². The fraction of sp³-hybridized carbons (Fsp3) is 0.381. The summed E-state index contributed by atoms with van der Waals surface area (Å²) in [5, 5.41) is 2.81. The number of nitrogens with zero attached hydrogens (tertiary/aromatic N) is 1. The van der Waals surface area contributed by atoms with Gasteiger partial charge < -0.3 is 5.32 Å². The van der Waals surface area contributed by atoms with Gasteiger partial charge in [0.15, 0.2) is 0 Å². The Bertz CT molecular complexity index is 1000. The molecule has 164 valence electrons. The molecular formula is C21H25F3N2O3S. The first-order valence-corrected chi connectivity index (χ1v) is 11.2. The van der Waals surface area contributed by atoms with Crippen LogP contribution in [0.2, 0.25) is 0 Å². The van der Waals surface area contributed by atoms with E-state index in [4.69, 9.17) is 0 Å². The second kappa shape index (κ2) is 9.07. The van der Waals surface area contributed by atoms with E-state index in [2.05, 4.69) is 5.32 Å². The Morgan fingerprint density at radius 1 is 1.07 bits per heavy atom. The van der Waals surface area contributed by atoms with E-state index in [1.807, 2.05) is 39.0 Å². The van der Waals surface area contributed by atoms with Crippen molar-refractivity contribution in [2.45, 2.75) is 39.4 Å². The lowest BCUT2D eigenvalue weighted by Crippen LogP contribution is -2.41. The van der Waals surface area contributed by atoms with E-state index in [1.54, 1.807) is 0 Å². The lowest BCUT2D eigenvalue weighted by molar-refractivity contribution is -0.137. The number of hydrogen-bond donors (Lipinski definition) is 1. The van der Waals surface area contributed by atoms with E-state index < -0.39 is 34.2 Å². The average Bonchev–Trinajstić information content (AvgIpc) is 2.65. The highest BCUT2D eigenvalue weighted by molar-refractivity contribution is 7.92. The number of alkyl halides is 3. The quantitative estimate of drug-likeness (QED) is 0.693. The third-order valence-electron chi connectivity index (χ3n) is 4.85. The summed E-state index contributed by atoms with van der Waals surface area (Å²) in [6.45, 7) is 5.30. The van der Waals surface area contributed by atoms with Crippen LogP contribution in [0.4, 0.5) is 18.9 Å². The largest absolute Gasteiger partial charge is 0.416 e. The molecule has 0 saturated heterocycles. The van der Waals surface area contributed by atoms with Crippen molar-refractivity contribution in [3.05, 3.63) is 64.7 Å². The molecule has 0 aliphatic carbocycles. The zero-order chi connectivity index (χ0) is 22.7. The van der Waals surface area contributed by atoms with E-state index in [0.29, 0.717) is 6.42 Å². The zero-order valence-electron chi connectivity index (χ0n) is 17.2. The molecule has 0 radical (unpaired) electrons. The van der Waals surface area contributed by atoms with Crippen molar-refractivity contribution in [1.29, 1.82) is 0 Å². The zero-order valence-corrected chi connectivity index (χ0v) is 18.1. The summed E-state index contributed by atoms with van der Waals surface area (Å²) < 4.78 is 63.4. The van der Waals surface area contributed by atoms with E-state index >= 15 is 0 Å². The predicted octanol–water partition coefficient (Wildman–Crippen LogP) is 4.36. The van der Waals surface area contributed by atoms with E-state index in [1.165, 1.54) is 0 Å². The van der Waals surface area contributed by atoms with Gasteiger partial charge in [0.25, 0.3) is 0 Å². The number of benzene rings is 2. The summed E-state index contributed by atoms with van der Waals surface area (Å²) in [6, 6.07) is 9.16. The average molecular weight is 443 g/mol. The first-order chi connectivity index (χ1) is 13.8. The Morgan fingerprint density at radius 2 is 1.67 bits per heavy atom. The minimum atomic E-state index is -4.54. The third-order valence-corrected chi connectivity index (χ3v) is 5.99. The molecule has 0 bridgehead atoms. The number of carbonyl (C=O) groups is 1. The SMILES string of the molecule is CC[C@@H](NC(=O)CN(c1ccc(C(F)(F)F)cc1)S(C)(=O)=O)c1ccc(C)c(C)c1. The lowest BCUT2D eigenvalue weighted by Gasteiger charge is -2.24. The van der Waals surface area contributed by atoms with Crippen LogP contribution in [0.5, 0.6) is 0 Å². The maximum atomic E-state index is 12.8. The molecule has 30 heavy (non-hydrogen) atoms. The molecule has 0 heterocycles. The molecule has 2 aromatic carbocycles. The van der Waals surface area contributed by atoms with Gasteiger partial charge in [0, 0.05) is 0 Å². The topological polar surface area (TPSA) is 66.5 Å². The monoisotopic (exact) mass is 442 g/mol. The predicted molar refractivity (Wildman–Crippen MR) is 111 cm³/mol. The Balaban J connectivity index is 2.22. The van der Waals surface area contributed by atoms with Crippen LogP contribution in [0.3, 0.4) is 0 Å². The van der Waals surface area contributed by atoms with Gasteiger partial charge in [0.2, 0.25) is 15.9 Å². The lowest BCUT2D eigenvalue weighted by atomic mass is 9.99. The van der Waals surface area contributed by atoms with E-state index in [0.717, 1.165) is 51.5 Å². The van der Waals surface area contributed by atoms with Crippen molar-refractivity contribution in [3.63, 3.8) is 0 Å². The summed E-state index contributed by atoms with van der Waals surface area (Å²) in [4.78, 5) is 12.6. The van der Waals surface area contributed by atoms with Crippen molar-refractivity contribution < 1.29 is 26.4 Å². The Hall–Kier alpha value is -2.55. The smallest absolute Gasteiger partial charge is 0.348 e. The van der Waals surface area contributed by atoms with Crippen LogP contribution in [-0.4, -0.2) is 27.1 Å². The molecule has 9 heteroatoms. The normalized spacial score (nSPS) is 13.0. The summed E-state index contributed by atoms with van der Waals surface area (Å²) in [7, 11) is -3.89. The summed E-state index contributed by atoms with van der Waals surface area (Å²) in [5.41, 5.74) is 2.17. The van der Waals surface area contributed by atoms with Crippen LogP contribution in [-0.2, 0) is 21.0 Å². The van der Waals surface area contributed by atoms with Crippen molar-refractivity contribution in [1.82, 2.24) is 5.32 Å². The second-order valence-corrected chi connectivity index (χ2v) is 9.09. The molecule has 0 aliphatic rings. The second-order valence-electron chi connectivity index (χ2n) is 7.19. The number of aryl methyl sites for hydroxylation is 2. The molecule has 0 spiro atoms. The molecule has 1 amide bonds. The van der Waals surface area contributed by atoms with Crippen molar-refractivity contribution in [3.8, 4) is 0 Å². The third kappa shape index (κ3) is 5.98. The first-order valence-electron chi connectivity index (χ1n) is 9.34. The Labute approximate surface area is 175 Å². The molecule has 0 aromatic heterocycles. The van der Waals surface area contributed by atoms with Gasteiger partial charge in [0.05, 0.1) is 23.5 Å². The molecule has 2 aromatic rings. The van der Waals surface area contributed by atoms with Gasteiger partial charge in [-0.3, -0.25) is 9.10 Å². The molecule has 0 saturated carbocycles. The van der Waals surface area contributed by atoms with Gasteiger partial charge in [-0.05, 0) is 61.2 Å². The molecule has 2 rings (SSSR count). The molecule has 5 nitrogen and oxygen atoms in total. The number of carbonyl (C=O) groups excluding carboxylic acids is 1. The number of halogens is 3. The van der Waals surface area contributed by atoms with Gasteiger partial charge >= 0.3 is 6.18 Å². The van der Waals surface area contributed by atoms with E-state index in [9.17, 15) is 26.4 Å². The van der Waals surface area contributed by atoms with E-state index in [-0.39, 0.29) is 11.7 Å². The fourth-order valence-electron chi connectivity index (χ4n) is 2.99.